The quantitative estimate of drug-likeness (QED) is 0.578. The Bertz CT molecular complexity index is 1060. The van der Waals surface area contributed by atoms with Crippen molar-refractivity contribution in [2.75, 3.05) is 0 Å². The molecular weight excluding hydrogens is 306 g/mol. The van der Waals surface area contributed by atoms with E-state index in [1.54, 1.807) is 39.9 Å². The number of fused-ring (bicyclic) bond motifs is 1. The van der Waals surface area contributed by atoms with Gasteiger partial charge in [-0.25, -0.2) is 4.52 Å². The Kier molecular flexibility index (Phi) is 3.26. The molecule has 0 unspecified atom stereocenters. The molecule has 0 amide bonds. The molecule has 4 heterocycles. The summed E-state index contributed by atoms with van der Waals surface area (Å²) in [5.41, 5.74) is 3.72. The van der Waals surface area contributed by atoms with Crippen LogP contribution in [0.15, 0.2) is 52.3 Å². The van der Waals surface area contributed by atoms with Crippen LogP contribution < -0.4 is 5.56 Å². The summed E-state index contributed by atoms with van der Waals surface area (Å²) in [6, 6.07) is 5.54. The largest absolute Gasteiger partial charge is 0.361 e. The lowest BCUT2D eigenvalue weighted by Crippen LogP contribution is -2.22. The highest BCUT2D eigenvalue weighted by Gasteiger charge is 2.13. The van der Waals surface area contributed by atoms with Crippen molar-refractivity contribution in [2.45, 2.75) is 20.4 Å². The molecule has 24 heavy (non-hydrogen) atoms. The van der Waals surface area contributed by atoms with E-state index in [1.807, 2.05) is 26.0 Å². The Morgan fingerprint density at radius 2 is 2.12 bits per heavy atom. The first kappa shape index (κ1) is 14.4. The van der Waals surface area contributed by atoms with E-state index >= 15 is 0 Å². The van der Waals surface area contributed by atoms with Crippen molar-refractivity contribution in [3.05, 3.63) is 70.4 Å². The van der Waals surface area contributed by atoms with Gasteiger partial charge in [0.05, 0.1) is 17.9 Å². The molecule has 0 atom stereocenters. The van der Waals surface area contributed by atoms with Crippen LogP contribution in [0.5, 0.6) is 0 Å². The zero-order valence-electron chi connectivity index (χ0n) is 13.3. The molecule has 7 nitrogen and oxygen atoms in total. The first-order valence-electron chi connectivity index (χ1n) is 7.54. The van der Waals surface area contributed by atoms with Crippen LogP contribution in [0.1, 0.15) is 17.0 Å². The van der Waals surface area contributed by atoms with Crippen LogP contribution in [0.2, 0.25) is 0 Å². The Labute approximate surface area is 137 Å². The lowest BCUT2D eigenvalue weighted by atomic mass is 10.2. The van der Waals surface area contributed by atoms with Gasteiger partial charge in [-0.1, -0.05) is 5.16 Å². The molecule has 0 N–H and O–H groups in total. The van der Waals surface area contributed by atoms with E-state index in [0.29, 0.717) is 12.1 Å². The summed E-state index contributed by atoms with van der Waals surface area (Å²) >= 11 is 0. The number of aromatic nitrogens is 5. The van der Waals surface area contributed by atoms with Crippen LogP contribution >= 0.6 is 0 Å². The molecule has 4 rings (SSSR count). The third-order valence-corrected chi connectivity index (χ3v) is 4.07. The van der Waals surface area contributed by atoms with Crippen molar-refractivity contribution >= 4 is 5.52 Å². The Balaban J connectivity index is 1.80. The van der Waals surface area contributed by atoms with E-state index in [4.69, 9.17) is 4.52 Å². The van der Waals surface area contributed by atoms with E-state index in [1.165, 1.54) is 0 Å². The van der Waals surface area contributed by atoms with Gasteiger partial charge in [0.25, 0.3) is 5.56 Å². The van der Waals surface area contributed by atoms with Gasteiger partial charge in [-0.3, -0.25) is 9.78 Å². The highest BCUT2D eigenvalue weighted by molar-refractivity contribution is 5.64. The second kappa shape index (κ2) is 5.45. The zero-order valence-corrected chi connectivity index (χ0v) is 13.3. The van der Waals surface area contributed by atoms with Gasteiger partial charge in [-0.15, -0.1) is 0 Å². The van der Waals surface area contributed by atoms with Crippen LogP contribution in [0.25, 0.3) is 16.8 Å². The highest BCUT2D eigenvalue weighted by Crippen LogP contribution is 2.17. The highest BCUT2D eigenvalue weighted by atomic mass is 16.5. The van der Waals surface area contributed by atoms with E-state index < -0.39 is 0 Å². The minimum atomic E-state index is -0.111. The molecule has 0 saturated carbocycles. The number of hydrogen-bond acceptors (Lipinski definition) is 5. The lowest BCUT2D eigenvalue weighted by molar-refractivity contribution is 0.392. The van der Waals surface area contributed by atoms with Crippen molar-refractivity contribution in [2.24, 2.45) is 0 Å². The number of rotatable bonds is 3. The first-order valence-corrected chi connectivity index (χ1v) is 7.54. The van der Waals surface area contributed by atoms with E-state index in [9.17, 15) is 4.79 Å². The SMILES string of the molecule is Cc1noc(C)c1Cn1ccn2nc(-c3cccnc3)cc2c1=O. The first-order chi connectivity index (χ1) is 11.6. The number of nitrogens with zero attached hydrogens (tertiary/aromatic N) is 5. The molecule has 7 heteroatoms. The monoisotopic (exact) mass is 321 g/mol. The molecule has 0 spiro atoms. The molecule has 0 radical (unpaired) electrons. The fourth-order valence-corrected chi connectivity index (χ4v) is 2.70. The normalized spacial score (nSPS) is 11.2. The standard InChI is InChI=1S/C17H15N5O2/c1-11-14(12(2)24-20-11)10-21-6-7-22-16(17(21)23)8-15(19-22)13-4-3-5-18-9-13/h3-9H,10H2,1-2H3. The maximum absolute atomic E-state index is 12.8. The van der Waals surface area contributed by atoms with Crippen LogP contribution in [0.3, 0.4) is 0 Å². The Morgan fingerprint density at radius 1 is 1.25 bits per heavy atom. The van der Waals surface area contributed by atoms with Gasteiger partial charge < -0.3 is 9.09 Å². The molecule has 0 bridgehead atoms. The fraction of sp³-hybridized carbons (Fsp3) is 0.176. The molecule has 0 fully saturated rings. The van der Waals surface area contributed by atoms with E-state index in [-0.39, 0.29) is 5.56 Å². The molecule has 4 aromatic heterocycles. The molecular formula is C17H15N5O2. The predicted octanol–water partition coefficient (Wildman–Crippen LogP) is 2.21. The fourth-order valence-electron chi connectivity index (χ4n) is 2.70. The molecule has 0 aliphatic rings. The van der Waals surface area contributed by atoms with E-state index in [0.717, 1.165) is 28.3 Å². The van der Waals surface area contributed by atoms with Gasteiger partial charge in [0, 0.05) is 35.9 Å². The van der Waals surface area contributed by atoms with Crippen molar-refractivity contribution in [1.29, 1.82) is 0 Å². The van der Waals surface area contributed by atoms with Crippen molar-refractivity contribution < 1.29 is 4.52 Å². The van der Waals surface area contributed by atoms with Gasteiger partial charge >= 0.3 is 0 Å². The summed E-state index contributed by atoms with van der Waals surface area (Å²) in [5, 5.41) is 8.38. The van der Waals surface area contributed by atoms with E-state index in [2.05, 4.69) is 15.2 Å². The number of pyridine rings is 1. The van der Waals surface area contributed by atoms with Gasteiger partial charge in [-0.2, -0.15) is 5.10 Å². The van der Waals surface area contributed by atoms with Gasteiger partial charge in [0.2, 0.25) is 0 Å². The summed E-state index contributed by atoms with van der Waals surface area (Å²) in [4.78, 5) is 16.8. The minimum absolute atomic E-state index is 0.111. The van der Waals surface area contributed by atoms with Gasteiger partial charge in [-0.05, 0) is 32.0 Å². The third-order valence-electron chi connectivity index (χ3n) is 4.07. The summed E-state index contributed by atoms with van der Waals surface area (Å²) in [5.74, 6) is 0.726. The number of aryl methyl sites for hydroxylation is 2. The predicted molar refractivity (Wildman–Crippen MR) is 87.8 cm³/mol. The molecule has 0 aromatic carbocycles. The smallest absolute Gasteiger partial charge is 0.276 e. The van der Waals surface area contributed by atoms with Crippen LogP contribution in [0, 0.1) is 13.8 Å². The second-order valence-corrected chi connectivity index (χ2v) is 5.64. The zero-order chi connectivity index (χ0) is 16.7. The minimum Gasteiger partial charge on any atom is -0.361 e. The topological polar surface area (TPSA) is 78.2 Å². The van der Waals surface area contributed by atoms with Crippen LogP contribution in [-0.2, 0) is 6.54 Å². The molecule has 0 aliphatic heterocycles. The van der Waals surface area contributed by atoms with Crippen molar-refractivity contribution in [3.63, 3.8) is 0 Å². The maximum atomic E-state index is 12.8. The van der Waals surface area contributed by atoms with Crippen molar-refractivity contribution in [3.8, 4) is 11.3 Å². The molecule has 4 aromatic rings. The second-order valence-electron chi connectivity index (χ2n) is 5.64. The maximum Gasteiger partial charge on any atom is 0.276 e. The van der Waals surface area contributed by atoms with Crippen LogP contribution in [-0.4, -0.2) is 24.3 Å². The molecule has 120 valence electrons. The molecule has 0 aliphatic carbocycles. The lowest BCUT2D eigenvalue weighted by Gasteiger charge is -2.05. The Hall–Kier alpha value is -3.22. The van der Waals surface area contributed by atoms with Gasteiger partial charge in [0.1, 0.15) is 11.3 Å². The summed E-state index contributed by atoms with van der Waals surface area (Å²) in [7, 11) is 0. The summed E-state index contributed by atoms with van der Waals surface area (Å²) < 4.78 is 8.39. The van der Waals surface area contributed by atoms with Crippen molar-refractivity contribution in [1.82, 2.24) is 24.3 Å². The average molecular weight is 321 g/mol. The van der Waals surface area contributed by atoms with Crippen LogP contribution in [0.4, 0.5) is 0 Å². The van der Waals surface area contributed by atoms with Gasteiger partial charge in [0.15, 0.2) is 0 Å². The average Bonchev–Trinajstić information content (AvgIpc) is 3.17. The summed E-state index contributed by atoms with van der Waals surface area (Å²) in [6.45, 7) is 4.14. The third kappa shape index (κ3) is 2.30. The molecule has 0 saturated heterocycles. The summed E-state index contributed by atoms with van der Waals surface area (Å²) in [6.07, 6.45) is 6.93. The number of hydrogen-bond donors (Lipinski definition) is 0. The Morgan fingerprint density at radius 3 is 2.83 bits per heavy atom.